The average Bonchev–Trinajstić information content (AvgIpc) is 2.39. The van der Waals surface area contributed by atoms with Gasteiger partial charge in [-0.05, 0) is 37.2 Å². The summed E-state index contributed by atoms with van der Waals surface area (Å²) in [6.07, 6.45) is 3.78. The molecule has 1 saturated carbocycles. The molecule has 20 heavy (non-hydrogen) atoms. The van der Waals surface area contributed by atoms with Crippen LogP contribution in [0.2, 0.25) is 5.02 Å². The van der Waals surface area contributed by atoms with E-state index in [-0.39, 0.29) is 6.10 Å². The number of benzene rings is 1. The van der Waals surface area contributed by atoms with Crippen LogP contribution in [0.4, 0.5) is 0 Å². The Balaban J connectivity index is 2.23. The predicted octanol–water partition coefficient (Wildman–Crippen LogP) is 5.45. The molecule has 4 heteroatoms. The molecule has 0 amide bonds. The molecule has 0 N–H and O–H groups in total. The van der Waals surface area contributed by atoms with Crippen LogP contribution in [0.3, 0.4) is 0 Å². The monoisotopic (exact) mass is 360 g/mol. The van der Waals surface area contributed by atoms with Gasteiger partial charge >= 0.3 is 0 Å². The molecule has 0 heterocycles. The van der Waals surface area contributed by atoms with E-state index in [1.165, 1.54) is 6.42 Å². The molecule has 1 aromatic rings. The Labute approximate surface area is 134 Å². The fourth-order valence-electron chi connectivity index (χ4n) is 3.14. The highest BCUT2D eigenvalue weighted by molar-refractivity contribution is 9.08. The van der Waals surface area contributed by atoms with Crippen LogP contribution in [-0.2, 0) is 5.33 Å². The molecule has 2 rings (SSSR count). The number of methoxy groups -OCH3 is 1. The van der Waals surface area contributed by atoms with E-state index in [4.69, 9.17) is 21.1 Å². The zero-order chi connectivity index (χ0) is 14.7. The van der Waals surface area contributed by atoms with Gasteiger partial charge in [0.25, 0.3) is 0 Å². The van der Waals surface area contributed by atoms with Gasteiger partial charge in [0.2, 0.25) is 0 Å². The van der Waals surface area contributed by atoms with E-state index in [1.807, 2.05) is 12.1 Å². The summed E-state index contributed by atoms with van der Waals surface area (Å²) < 4.78 is 11.7. The maximum Gasteiger partial charge on any atom is 0.165 e. The molecule has 1 aliphatic rings. The zero-order valence-electron chi connectivity index (χ0n) is 12.3. The lowest BCUT2D eigenvalue weighted by molar-refractivity contribution is 0.0972. The number of hydrogen-bond donors (Lipinski definition) is 0. The van der Waals surface area contributed by atoms with Crippen LogP contribution in [0, 0.1) is 11.8 Å². The van der Waals surface area contributed by atoms with Gasteiger partial charge in [0.15, 0.2) is 11.5 Å². The third-order valence-electron chi connectivity index (χ3n) is 3.88. The minimum atomic E-state index is 0.265. The number of rotatable bonds is 4. The fourth-order valence-corrected chi connectivity index (χ4v) is 3.79. The van der Waals surface area contributed by atoms with Crippen LogP contribution in [-0.4, -0.2) is 13.2 Å². The number of alkyl halides is 1. The summed E-state index contributed by atoms with van der Waals surface area (Å²) in [4.78, 5) is 0. The Kier molecular flexibility index (Phi) is 5.62. The molecule has 0 spiro atoms. The second kappa shape index (κ2) is 7.04. The van der Waals surface area contributed by atoms with Gasteiger partial charge in [0.05, 0.1) is 13.2 Å². The number of ether oxygens (including phenoxy) is 2. The van der Waals surface area contributed by atoms with Gasteiger partial charge < -0.3 is 9.47 Å². The molecule has 0 bridgehead atoms. The smallest absolute Gasteiger partial charge is 0.165 e. The second-order valence-corrected chi connectivity index (χ2v) is 6.88. The van der Waals surface area contributed by atoms with Crippen molar-refractivity contribution in [2.45, 2.75) is 44.5 Å². The Bertz CT molecular complexity index is 429. The van der Waals surface area contributed by atoms with Crippen LogP contribution in [0.1, 0.15) is 38.7 Å². The summed E-state index contributed by atoms with van der Waals surface area (Å²) in [5, 5.41) is 1.38. The summed E-state index contributed by atoms with van der Waals surface area (Å²) in [5.74, 6) is 2.99. The number of hydrogen-bond acceptors (Lipinski definition) is 2. The van der Waals surface area contributed by atoms with Gasteiger partial charge in [-0.2, -0.15) is 0 Å². The first-order valence-electron chi connectivity index (χ1n) is 7.12. The third-order valence-corrected chi connectivity index (χ3v) is 4.70. The van der Waals surface area contributed by atoms with Crippen LogP contribution < -0.4 is 9.47 Å². The lowest BCUT2D eigenvalue weighted by atomic mass is 9.82. The summed E-state index contributed by atoms with van der Waals surface area (Å²) in [7, 11) is 1.66. The van der Waals surface area contributed by atoms with Crippen molar-refractivity contribution in [2.75, 3.05) is 7.11 Å². The van der Waals surface area contributed by atoms with E-state index in [1.54, 1.807) is 7.11 Å². The van der Waals surface area contributed by atoms with Crippen LogP contribution in [0.15, 0.2) is 12.1 Å². The van der Waals surface area contributed by atoms with E-state index in [9.17, 15) is 0 Å². The molecular weight excluding hydrogens is 340 g/mol. The number of halogens is 2. The Hall–Kier alpha value is -0.410. The minimum Gasteiger partial charge on any atom is -0.493 e. The van der Waals surface area contributed by atoms with E-state index in [2.05, 4.69) is 29.8 Å². The van der Waals surface area contributed by atoms with E-state index in [0.29, 0.717) is 10.4 Å². The van der Waals surface area contributed by atoms with E-state index >= 15 is 0 Å². The molecule has 1 fully saturated rings. The lowest BCUT2D eigenvalue weighted by Crippen LogP contribution is -2.28. The first-order chi connectivity index (χ1) is 9.53. The first kappa shape index (κ1) is 16.0. The predicted molar refractivity (Wildman–Crippen MR) is 87.2 cm³/mol. The van der Waals surface area contributed by atoms with Crippen molar-refractivity contribution in [2.24, 2.45) is 11.8 Å². The maximum absolute atomic E-state index is 6.28. The molecule has 1 aliphatic carbocycles. The average molecular weight is 362 g/mol. The minimum absolute atomic E-state index is 0.265. The summed E-state index contributed by atoms with van der Waals surface area (Å²) in [5.41, 5.74) is 1.04. The van der Waals surface area contributed by atoms with Crippen LogP contribution in [0.5, 0.6) is 11.5 Å². The SMILES string of the molecule is COc1cc(Cl)cc(CBr)c1OC1CC(C)CC(C)C1. The molecule has 112 valence electrons. The maximum atomic E-state index is 6.28. The van der Waals surface area contributed by atoms with Gasteiger partial charge in [0.1, 0.15) is 0 Å². The topological polar surface area (TPSA) is 18.5 Å². The highest BCUT2D eigenvalue weighted by atomic mass is 79.9. The first-order valence-corrected chi connectivity index (χ1v) is 8.62. The molecule has 0 saturated heterocycles. The molecular formula is C16H22BrClO2. The molecule has 2 unspecified atom stereocenters. The molecule has 2 nitrogen and oxygen atoms in total. The Morgan fingerprint density at radius 1 is 1.20 bits per heavy atom. The standard InChI is InChI=1S/C16H22BrClO2/c1-10-4-11(2)6-14(5-10)20-16-12(9-17)7-13(18)8-15(16)19-3/h7-8,10-11,14H,4-6,9H2,1-3H3. The quantitative estimate of drug-likeness (QED) is 0.664. The Morgan fingerprint density at radius 2 is 1.85 bits per heavy atom. The highest BCUT2D eigenvalue weighted by Crippen LogP contribution is 2.39. The molecule has 0 radical (unpaired) electrons. The zero-order valence-corrected chi connectivity index (χ0v) is 14.6. The molecule has 2 atom stereocenters. The Morgan fingerprint density at radius 3 is 2.40 bits per heavy atom. The van der Waals surface area contributed by atoms with Crippen molar-refractivity contribution < 1.29 is 9.47 Å². The second-order valence-electron chi connectivity index (χ2n) is 5.89. The van der Waals surface area contributed by atoms with Crippen LogP contribution >= 0.6 is 27.5 Å². The summed E-state index contributed by atoms with van der Waals surface area (Å²) in [6, 6.07) is 3.75. The van der Waals surface area contributed by atoms with Gasteiger partial charge in [0, 0.05) is 22.0 Å². The van der Waals surface area contributed by atoms with Gasteiger partial charge in [-0.1, -0.05) is 41.4 Å². The van der Waals surface area contributed by atoms with Gasteiger partial charge in [-0.15, -0.1) is 0 Å². The highest BCUT2D eigenvalue weighted by Gasteiger charge is 2.27. The van der Waals surface area contributed by atoms with Gasteiger partial charge in [-0.25, -0.2) is 0 Å². The summed E-state index contributed by atoms with van der Waals surface area (Å²) in [6.45, 7) is 4.60. The van der Waals surface area contributed by atoms with Crippen molar-refractivity contribution in [3.05, 3.63) is 22.7 Å². The third kappa shape index (κ3) is 3.82. The fraction of sp³-hybridized carbons (Fsp3) is 0.625. The largest absolute Gasteiger partial charge is 0.493 e. The van der Waals surface area contributed by atoms with E-state index < -0.39 is 0 Å². The lowest BCUT2D eigenvalue weighted by Gasteiger charge is -2.32. The van der Waals surface area contributed by atoms with Crippen molar-refractivity contribution >= 4 is 27.5 Å². The molecule has 1 aromatic carbocycles. The normalized spacial score (nSPS) is 26.4. The summed E-state index contributed by atoms with van der Waals surface area (Å²) >= 11 is 9.61. The van der Waals surface area contributed by atoms with Gasteiger partial charge in [-0.3, -0.25) is 0 Å². The van der Waals surface area contributed by atoms with Crippen molar-refractivity contribution in [1.29, 1.82) is 0 Å². The van der Waals surface area contributed by atoms with Crippen molar-refractivity contribution in [1.82, 2.24) is 0 Å². The van der Waals surface area contributed by atoms with Crippen molar-refractivity contribution in [3.8, 4) is 11.5 Å². The van der Waals surface area contributed by atoms with Crippen LogP contribution in [0.25, 0.3) is 0 Å². The van der Waals surface area contributed by atoms with E-state index in [0.717, 1.165) is 41.7 Å². The molecule has 0 aromatic heterocycles. The van der Waals surface area contributed by atoms with Crippen molar-refractivity contribution in [3.63, 3.8) is 0 Å². The molecule has 0 aliphatic heterocycles.